The Morgan fingerprint density at radius 1 is 1.14 bits per heavy atom. The maximum atomic E-state index is 4.39. The molecule has 0 aliphatic heterocycles. The van der Waals surface area contributed by atoms with Crippen LogP contribution in [-0.4, -0.2) is 10.2 Å². The van der Waals surface area contributed by atoms with E-state index in [0.717, 1.165) is 5.52 Å². The lowest BCUT2D eigenvalue weighted by molar-refractivity contribution is 0.525. The van der Waals surface area contributed by atoms with Gasteiger partial charge in [0.1, 0.15) is 0 Å². The highest BCUT2D eigenvalue weighted by molar-refractivity contribution is 5.81. The lowest BCUT2D eigenvalue weighted by Crippen LogP contribution is -2.02. The topological polar surface area (TPSA) is 28.7 Å². The number of nitrogens with one attached hydrogen (secondary N) is 1. The van der Waals surface area contributed by atoms with Crippen molar-refractivity contribution < 1.29 is 0 Å². The number of nitrogens with zero attached hydrogens (tertiary/aromatic N) is 1. The maximum Gasteiger partial charge on any atom is 0.0731 e. The molecule has 1 atom stereocenters. The first-order chi connectivity index (χ1) is 6.70. The van der Waals surface area contributed by atoms with Gasteiger partial charge in [0.15, 0.2) is 0 Å². The van der Waals surface area contributed by atoms with Crippen LogP contribution < -0.4 is 0 Å². The van der Waals surface area contributed by atoms with Crippen molar-refractivity contribution in [2.75, 3.05) is 0 Å². The first-order valence-corrected chi connectivity index (χ1v) is 5.13. The molecule has 0 aliphatic carbocycles. The summed E-state index contributed by atoms with van der Waals surface area (Å²) >= 11 is 0. The van der Waals surface area contributed by atoms with Crippen LogP contribution in [0.15, 0.2) is 24.3 Å². The summed E-state index contributed by atoms with van der Waals surface area (Å²) in [5.41, 5.74) is 2.32. The molecule has 0 aliphatic rings. The lowest BCUT2D eigenvalue weighted by Gasteiger charge is -2.12. The van der Waals surface area contributed by atoms with Gasteiger partial charge in [0.05, 0.1) is 11.2 Å². The van der Waals surface area contributed by atoms with Crippen LogP contribution in [0.3, 0.4) is 0 Å². The number of fused-ring (bicyclic) bond motifs is 1. The molecule has 2 rings (SSSR count). The standard InChI is InChI=1S/C12H16N2/c1-8(2)9(3)12-10-6-4-5-7-11(10)13-14-12/h4-9H,1-3H3,(H,13,14). The van der Waals surface area contributed by atoms with Gasteiger partial charge in [-0.15, -0.1) is 0 Å². The molecule has 1 N–H and O–H groups in total. The Morgan fingerprint density at radius 3 is 2.57 bits per heavy atom. The van der Waals surface area contributed by atoms with Gasteiger partial charge >= 0.3 is 0 Å². The minimum absolute atomic E-state index is 0.506. The molecule has 2 aromatic rings. The summed E-state index contributed by atoms with van der Waals surface area (Å²) in [4.78, 5) is 0. The van der Waals surface area contributed by atoms with E-state index in [0.29, 0.717) is 11.8 Å². The largest absolute Gasteiger partial charge is 0.278 e. The number of benzene rings is 1. The Hall–Kier alpha value is -1.31. The van der Waals surface area contributed by atoms with Crippen LogP contribution in [0, 0.1) is 5.92 Å². The summed E-state index contributed by atoms with van der Waals surface area (Å²) in [6.07, 6.45) is 0. The summed E-state index contributed by atoms with van der Waals surface area (Å²) in [7, 11) is 0. The summed E-state index contributed by atoms with van der Waals surface area (Å²) in [6.45, 7) is 6.69. The van der Waals surface area contributed by atoms with Crippen LogP contribution in [0.25, 0.3) is 10.9 Å². The fraction of sp³-hybridized carbons (Fsp3) is 0.417. The van der Waals surface area contributed by atoms with Crippen molar-refractivity contribution in [3.05, 3.63) is 30.0 Å². The van der Waals surface area contributed by atoms with E-state index in [2.05, 4.69) is 49.2 Å². The minimum Gasteiger partial charge on any atom is -0.278 e. The van der Waals surface area contributed by atoms with Gasteiger partial charge in [-0.05, 0) is 12.0 Å². The molecule has 14 heavy (non-hydrogen) atoms. The number of hydrogen-bond acceptors (Lipinski definition) is 1. The second-order valence-corrected chi connectivity index (χ2v) is 4.19. The molecule has 1 aromatic carbocycles. The molecule has 2 nitrogen and oxygen atoms in total. The highest BCUT2D eigenvalue weighted by Gasteiger charge is 2.15. The quantitative estimate of drug-likeness (QED) is 0.769. The smallest absolute Gasteiger partial charge is 0.0731 e. The lowest BCUT2D eigenvalue weighted by atomic mass is 9.93. The van der Waals surface area contributed by atoms with Crippen molar-refractivity contribution in [1.29, 1.82) is 0 Å². The van der Waals surface area contributed by atoms with Crippen molar-refractivity contribution in [3.63, 3.8) is 0 Å². The molecule has 1 aromatic heterocycles. The molecule has 0 bridgehead atoms. The zero-order valence-corrected chi connectivity index (χ0v) is 8.91. The molecule has 1 heterocycles. The summed E-state index contributed by atoms with van der Waals surface area (Å²) in [6, 6.07) is 8.30. The Kier molecular flexibility index (Phi) is 2.28. The van der Waals surface area contributed by atoms with Crippen LogP contribution in [-0.2, 0) is 0 Å². The van der Waals surface area contributed by atoms with E-state index in [1.165, 1.54) is 11.1 Å². The van der Waals surface area contributed by atoms with E-state index in [9.17, 15) is 0 Å². The minimum atomic E-state index is 0.506. The molecular weight excluding hydrogens is 172 g/mol. The van der Waals surface area contributed by atoms with Crippen LogP contribution in [0.4, 0.5) is 0 Å². The Balaban J connectivity index is 2.53. The highest BCUT2D eigenvalue weighted by Crippen LogP contribution is 2.27. The van der Waals surface area contributed by atoms with Crippen LogP contribution in [0.2, 0.25) is 0 Å². The highest BCUT2D eigenvalue weighted by atomic mass is 15.1. The van der Waals surface area contributed by atoms with E-state index < -0.39 is 0 Å². The van der Waals surface area contributed by atoms with Crippen LogP contribution >= 0.6 is 0 Å². The number of aromatic amines is 1. The number of rotatable bonds is 2. The number of H-pyrrole nitrogens is 1. The van der Waals surface area contributed by atoms with Gasteiger partial charge in [0.2, 0.25) is 0 Å². The molecule has 0 amide bonds. The monoisotopic (exact) mass is 188 g/mol. The Bertz CT molecular complexity index is 429. The zero-order chi connectivity index (χ0) is 10.1. The first kappa shape index (κ1) is 9.25. The third-order valence-electron chi connectivity index (χ3n) is 2.93. The third kappa shape index (κ3) is 1.41. The number of para-hydroxylation sites is 1. The van der Waals surface area contributed by atoms with Gasteiger partial charge in [-0.1, -0.05) is 39.0 Å². The second-order valence-electron chi connectivity index (χ2n) is 4.19. The van der Waals surface area contributed by atoms with Crippen molar-refractivity contribution >= 4 is 10.9 Å². The van der Waals surface area contributed by atoms with Crippen molar-refractivity contribution in [1.82, 2.24) is 10.2 Å². The molecule has 1 unspecified atom stereocenters. The van der Waals surface area contributed by atoms with Gasteiger partial charge in [0, 0.05) is 11.3 Å². The molecule has 74 valence electrons. The Labute approximate surface area is 84.3 Å². The van der Waals surface area contributed by atoms with Gasteiger partial charge in [-0.25, -0.2) is 0 Å². The van der Waals surface area contributed by atoms with E-state index in [1.807, 2.05) is 6.07 Å². The fourth-order valence-electron chi connectivity index (χ4n) is 1.65. The SMILES string of the molecule is CC(C)C(C)c1n[nH]c2ccccc12. The summed E-state index contributed by atoms with van der Waals surface area (Å²) in [5, 5.41) is 8.72. The predicted molar refractivity (Wildman–Crippen MR) is 59.3 cm³/mol. The summed E-state index contributed by atoms with van der Waals surface area (Å²) in [5.74, 6) is 1.13. The average Bonchev–Trinajstić information content (AvgIpc) is 2.60. The van der Waals surface area contributed by atoms with Gasteiger partial charge in [-0.2, -0.15) is 5.10 Å². The van der Waals surface area contributed by atoms with Gasteiger partial charge in [0.25, 0.3) is 0 Å². The van der Waals surface area contributed by atoms with Crippen LogP contribution in [0.1, 0.15) is 32.4 Å². The Morgan fingerprint density at radius 2 is 1.86 bits per heavy atom. The van der Waals surface area contributed by atoms with E-state index in [1.54, 1.807) is 0 Å². The predicted octanol–water partition coefficient (Wildman–Crippen LogP) is 3.32. The van der Waals surface area contributed by atoms with E-state index in [4.69, 9.17) is 0 Å². The molecule has 0 saturated carbocycles. The molecule has 2 heteroatoms. The average molecular weight is 188 g/mol. The zero-order valence-electron chi connectivity index (χ0n) is 8.91. The molecule has 0 radical (unpaired) electrons. The van der Waals surface area contributed by atoms with Crippen LogP contribution in [0.5, 0.6) is 0 Å². The van der Waals surface area contributed by atoms with Gasteiger partial charge in [-0.3, -0.25) is 5.10 Å². The first-order valence-electron chi connectivity index (χ1n) is 5.13. The molecular formula is C12H16N2. The van der Waals surface area contributed by atoms with Crippen molar-refractivity contribution in [3.8, 4) is 0 Å². The van der Waals surface area contributed by atoms with Gasteiger partial charge < -0.3 is 0 Å². The molecule has 0 saturated heterocycles. The molecule has 0 spiro atoms. The van der Waals surface area contributed by atoms with Crippen molar-refractivity contribution in [2.45, 2.75) is 26.7 Å². The molecule has 0 fully saturated rings. The normalized spacial score (nSPS) is 13.7. The van der Waals surface area contributed by atoms with E-state index in [-0.39, 0.29) is 0 Å². The maximum absolute atomic E-state index is 4.39. The number of aromatic nitrogens is 2. The van der Waals surface area contributed by atoms with E-state index >= 15 is 0 Å². The van der Waals surface area contributed by atoms with Crippen molar-refractivity contribution in [2.24, 2.45) is 5.92 Å². The third-order valence-corrected chi connectivity index (χ3v) is 2.93. The number of hydrogen-bond donors (Lipinski definition) is 1. The fourth-order valence-corrected chi connectivity index (χ4v) is 1.65. The second kappa shape index (κ2) is 3.45. The summed E-state index contributed by atoms with van der Waals surface area (Å²) < 4.78 is 0.